The lowest BCUT2D eigenvalue weighted by Crippen LogP contribution is -2.57. The van der Waals surface area contributed by atoms with Gasteiger partial charge in [0.2, 0.25) is 21.8 Å². The Morgan fingerprint density at radius 3 is 2.38 bits per heavy atom. The molecule has 2 aromatic rings. The van der Waals surface area contributed by atoms with Crippen molar-refractivity contribution in [2.75, 3.05) is 6.54 Å². The van der Waals surface area contributed by atoms with E-state index in [1.54, 1.807) is 11.0 Å². The van der Waals surface area contributed by atoms with E-state index in [1.807, 2.05) is 38.1 Å². The largest absolute Gasteiger partial charge is 0.444 e. The molecule has 13 heteroatoms. The highest BCUT2D eigenvalue weighted by Crippen LogP contribution is 2.57. The fourth-order valence-electron chi connectivity index (χ4n) is 8.14. The minimum absolute atomic E-state index is 0.0107. The maximum Gasteiger partial charge on any atom is 0.410 e. The number of hydrogen-bond acceptors (Lipinski definition) is 7. The Labute approximate surface area is 317 Å². The monoisotopic (exact) mass is 766 g/mol. The SMILES string of the molecule is CC(C)C(Cc1cccc(C(C)(C)C)c1)C(=O)N1CC(OC(=O)N2Cc3cccc(Cl)c3C2)CC1C(=O)NC1(C(=O)NS(=O)(=O)C2CC2)CC1C1CC1. The van der Waals surface area contributed by atoms with E-state index in [-0.39, 0.29) is 42.0 Å². The zero-order valence-electron chi connectivity index (χ0n) is 31.2. The second-order valence-corrected chi connectivity index (χ2v) is 19.6. The first kappa shape index (κ1) is 37.7. The van der Waals surface area contributed by atoms with Crippen LogP contribution < -0.4 is 10.0 Å². The third-order valence-electron chi connectivity index (χ3n) is 11.8. The molecular weight excluding hydrogens is 716 g/mol. The molecule has 4 amide bonds. The summed E-state index contributed by atoms with van der Waals surface area (Å²) < 4.78 is 33.9. The first-order valence-electron chi connectivity index (χ1n) is 19.0. The van der Waals surface area contributed by atoms with Gasteiger partial charge in [-0.05, 0) is 90.0 Å². The number of carbonyl (C=O) groups excluding carboxylic acids is 4. The number of sulfonamides is 1. The van der Waals surface area contributed by atoms with Gasteiger partial charge in [-0.2, -0.15) is 0 Å². The van der Waals surface area contributed by atoms with E-state index in [0.717, 1.165) is 35.1 Å². The number of carbonyl (C=O) groups is 4. The number of benzene rings is 2. The molecule has 5 unspecified atom stereocenters. The maximum absolute atomic E-state index is 14.7. The zero-order chi connectivity index (χ0) is 38.0. The first-order valence-corrected chi connectivity index (χ1v) is 20.9. The van der Waals surface area contributed by atoms with Crippen LogP contribution in [-0.2, 0) is 54.1 Å². The molecule has 0 radical (unpaired) electrons. The van der Waals surface area contributed by atoms with Gasteiger partial charge in [-0.15, -0.1) is 0 Å². The Morgan fingerprint density at radius 2 is 1.74 bits per heavy atom. The number of nitrogens with one attached hydrogen (secondary N) is 2. The Bertz CT molecular complexity index is 1920. The number of hydrogen-bond donors (Lipinski definition) is 2. The Balaban J connectivity index is 1.13. The smallest absolute Gasteiger partial charge is 0.410 e. The van der Waals surface area contributed by atoms with Crippen molar-refractivity contribution in [3.8, 4) is 0 Å². The van der Waals surface area contributed by atoms with Gasteiger partial charge in [0.05, 0.1) is 18.3 Å². The molecule has 3 aliphatic carbocycles. The number of ether oxygens (including phenoxy) is 1. The second kappa shape index (κ2) is 13.9. The van der Waals surface area contributed by atoms with Crippen molar-refractivity contribution in [1.82, 2.24) is 19.8 Å². The molecule has 2 heterocycles. The average molecular weight is 767 g/mol. The van der Waals surface area contributed by atoms with E-state index in [1.165, 1.54) is 4.90 Å². The molecule has 5 aliphatic rings. The summed E-state index contributed by atoms with van der Waals surface area (Å²) in [6.07, 6.45) is 2.32. The number of likely N-dealkylation sites (tertiary alicyclic amines) is 1. The van der Waals surface area contributed by atoms with Gasteiger partial charge in [-0.3, -0.25) is 24.0 Å². The van der Waals surface area contributed by atoms with Crippen LogP contribution in [0.15, 0.2) is 42.5 Å². The van der Waals surface area contributed by atoms with Crippen molar-refractivity contribution in [2.24, 2.45) is 23.7 Å². The van der Waals surface area contributed by atoms with Gasteiger partial charge in [0.25, 0.3) is 5.91 Å². The van der Waals surface area contributed by atoms with E-state index in [2.05, 4.69) is 42.9 Å². The third-order valence-corrected chi connectivity index (χ3v) is 14.0. The van der Waals surface area contributed by atoms with Gasteiger partial charge in [0.1, 0.15) is 17.7 Å². The van der Waals surface area contributed by atoms with Gasteiger partial charge in [0, 0.05) is 23.9 Å². The van der Waals surface area contributed by atoms with Crippen molar-refractivity contribution in [3.63, 3.8) is 0 Å². The molecule has 4 fully saturated rings. The Kier molecular flexibility index (Phi) is 9.87. The van der Waals surface area contributed by atoms with Gasteiger partial charge in [0.15, 0.2) is 0 Å². The Hall–Kier alpha value is -3.64. The lowest BCUT2D eigenvalue weighted by atomic mass is 9.83. The summed E-state index contributed by atoms with van der Waals surface area (Å²) in [5, 5.41) is 2.95. The molecule has 2 aliphatic heterocycles. The number of nitrogens with zero attached hydrogens (tertiary/aromatic N) is 2. The molecule has 11 nitrogen and oxygen atoms in total. The molecule has 7 rings (SSSR count). The molecule has 53 heavy (non-hydrogen) atoms. The Morgan fingerprint density at radius 1 is 1.02 bits per heavy atom. The van der Waals surface area contributed by atoms with Crippen LogP contribution >= 0.6 is 11.6 Å². The minimum Gasteiger partial charge on any atom is -0.444 e. The van der Waals surface area contributed by atoms with Crippen molar-refractivity contribution in [3.05, 3.63) is 69.7 Å². The van der Waals surface area contributed by atoms with Crippen molar-refractivity contribution in [1.29, 1.82) is 0 Å². The van der Waals surface area contributed by atoms with E-state index >= 15 is 0 Å². The minimum atomic E-state index is -3.84. The lowest BCUT2D eigenvalue weighted by molar-refractivity contribution is -0.143. The van der Waals surface area contributed by atoms with Crippen LogP contribution in [0, 0.1) is 23.7 Å². The highest BCUT2D eigenvalue weighted by Gasteiger charge is 2.67. The lowest BCUT2D eigenvalue weighted by Gasteiger charge is -2.31. The number of halogens is 1. The zero-order valence-corrected chi connectivity index (χ0v) is 32.8. The quantitative estimate of drug-likeness (QED) is 0.309. The molecule has 2 N–H and O–H groups in total. The predicted octanol–water partition coefficient (Wildman–Crippen LogP) is 5.47. The average Bonchev–Trinajstić information content (AvgIpc) is 4.01. The molecule has 0 spiro atoms. The third kappa shape index (κ3) is 7.81. The van der Waals surface area contributed by atoms with Gasteiger partial charge >= 0.3 is 6.09 Å². The van der Waals surface area contributed by atoms with Gasteiger partial charge in [-0.25, -0.2) is 13.2 Å². The summed E-state index contributed by atoms with van der Waals surface area (Å²) in [4.78, 5) is 59.3. The predicted molar refractivity (Wildman–Crippen MR) is 200 cm³/mol. The maximum atomic E-state index is 14.7. The van der Waals surface area contributed by atoms with Crippen LogP contribution in [0.2, 0.25) is 5.02 Å². The number of fused-ring (bicyclic) bond motifs is 1. The molecule has 3 saturated carbocycles. The van der Waals surface area contributed by atoms with Gasteiger partial charge in [-0.1, -0.05) is 82.6 Å². The highest BCUT2D eigenvalue weighted by atomic mass is 35.5. The standard InChI is InChI=1S/C40H51ClN4O7S/c1-23(2)30(17-24-8-6-10-27(16-24)39(3,4)5)36(47)45-21-28(52-38(49)44-20-26-9-7-11-33(41)31(26)22-44)18-34(45)35(46)42-40(19-32(40)25-12-13-25)37(48)43-53(50,51)29-14-15-29/h6-11,16,23,25,28-30,32,34H,12-15,17-22H2,1-5H3,(H,42,46)(H,43,48). The van der Waals surface area contributed by atoms with Gasteiger partial charge < -0.3 is 15.0 Å². The molecule has 5 atom stereocenters. The summed E-state index contributed by atoms with van der Waals surface area (Å²) in [6, 6.07) is 12.7. The fraction of sp³-hybridized carbons (Fsp3) is 0.600. The van der Waals surface area contributed by atoms with E-state index in [4.69, 9.17) is 16.3 Å². The highest BCUT2D eigenvalue weighted by molar-refractivity contribution is 7.91. The number of amides is 4. The molecule has 2 aromatic carbocycles. The van der Waals surface area contributed by atoms with Crippen molar-refractivity contribution >= 4 is 45.4 Å². The molecule has 286 valence electrons. The van der Waals surface area contributed by atoms with Crippen molar-refractivity contribution in [2.45, 2.75) is 121 Å². The summed E-state index contributed by atoms with van der Waals surface area (Å²) >= 11 is 6.40. The van der Waals surface area contributed by atoms with E-state index in [9.17, 15) is 27.6 Å². The summed E-state index contributed by atoms with van der Waals surface area (Å²) in [6.45, 7) is 11.0. The van der Waals surface area contributed by atoms with Crippen LogP contribution in [0.4, 0.5) is 4.79 Å². The van der Waals surface area contributed by atoms with Crippen LogP contribution in [0.1, 0.15) is 95.4 Å². The normalized spacial score (nSPS) is 25.9. The number of rotatable bonds is 11. The molecule has 0 aromatic heterocycles. The van der Waals surface area contributed by atoms with Crippen molar-refractivity contribution < 1.29 is 32.3 Å². The summed E-state index contributed by atoms with van der Waals surface area (Å²) in [5.74, 6) is -1.99. The summed E-state index contributed by atoms with van der Waals surface area (Å²) in [7, 11) is -3.84. The van der Waals surface area contributed by atoms with E-state index in [0.29, 0.717) is 43.8 Å². The van der Waals surface area contributed by atoms with Crippen LogP contribution in [0.3, 0.4) is 0 Å². The first-order chi connectivity index (χ1) is 25.0. The summed E-state index contributed by atoms with van der Waals surface area (Å²) in [5.41, 5.74) is 2.53. The second-order valence-electron chi connectivity index (χ2n) is 17.3. The fourth-order valence-corrected chi connectivity index (χ4v) is 9.76. The van der Waals surface area contributed by atoms with Crippen LogP contribution in [0.5, 0.6) is 0 Å². The molecular formula is C40H51ClN4O7S. The van der Waals surface area contributed by atoms with E-state index < -0.39 is 56.8 Å². The molecule has 1 saturated heterocycles. The van der Waals surface area contributed by atoms with Crippen LogP contribution in [0.25, 0.3) is 0 Å². The molecule has 0 bridgehead atoms. The van der Waals surface area contributed by atoms with Crippen LogP contribution in [-0.4, -0.2) is 71.5 Å². The topological polar surface area (TPSA) is 142 Å².